The molecule has 0 saturated heterocycles. The molecule has 0 aromatic rings. The Morgan fingerprint density at radius 1 is 0.889 bits per heavy atom. The van der Waals surface area contributed by atoms with Gasteiger partial charge in [-0.15, -0.1) is 0 Å². The monoisotopic (exact) mass is 272 g/mol. The highest BCUT2D eigenvalue weighted by Gasteiger charge is 2.78. The summed E-state index contributed by atoms with van der Waals surface area (Å²) in [7, 11) is 0. The molecule has 0 nitrogen and oxygen atoms in total. The molecule has 0 amide bonds. The van der Waals surface area contributed by atoms with Crippen molar-refractivity contribution in [3.8, 4) is 0 Å². The standard InChI is InChI=1S/C10H8F6.C2H6/c1-3-5-7-6(4-2)8(11,12)10(15,16)9(7,13)14;1-2/h3-5H,2H2,1H3;1-2H3/b5-3-;. The Labute approximate surface area is 102 Å². The van der Waals surface area contributed by atoms with Crippen LogP contribution in [0.4, 0.5) is 26.3 Å². The van der Waals surface area contributed by atoms with E-state index in [0.29, 0.717) is 12.2 Å². The second kappa shape index (κ2) is 5.20. The van der Waals surface area contributed by atoms with Crippen LogP contribution < -0.4 is 0 Å². The van der Waals surface area contributed by atoms with E-state index in [1.54, 1.807) is 0 Å². The third-order valence-electron chi connectivity index (χ3n) is 2.29. The van der Waals surface area contributed by atoms with E-state index in [1.807, 2.05) is 13.8 Å². The average Bonchev–Trinajstić information content (AvgIpc) is 2.39. The summed E-state index contributed by atoms with van der Waals surface area (Å²) in [4.78, 5) is 0. The summed E-state index contributed by atoms with van der Waals surface area (Å²) < 4.78 is 78.1. The molecule has 6 heteroatoms. The van der Waals surface area contributed by atoms with Crippen LogP contribution in [-0.4, -0.2) is 17.8 Å². The number of rotatable bonds is 2. The molecule has 0 aromatic heterocycles. The predicted molar refractivity (Wildman–Crippen MR) is 58.2 cm³/mol. The Balaban J connectivity index is 0.00000137. The van der Waals surface area contributed by atoms with Crippen LogP contribution in [0.1, 0.15) is 20.8 Å². The Hall–Kier alpha value is -1.20. The van der Waals surface area contributed by atoms with Gasteiger partial charge in [-0.3, -0.25) is 0 Å². The van der Waals surface area contributed by atoms with Crippen LogP contribution in [0.5, 0.6) is 0 Å². The zero-order valence-electron chi connectivity index (χ0n) is 10.2. The Morgan fingerprint density at radius 2 is 1.28 bits per heavy atom. The first-order valence-corrected chi connectivity index (χ1v) is 5.28. The zero-order chi connectivity index (χ0) is 14.8. The molecule has 104 valence electrons. The molecule has 0 aromatic carbocycles. The second-order valence-electron chi connectivity index (χ2n) is 3.25. The van der Waals surface area contributed by atoms with Gasteiger partial charge in [0.05, 0.1) is 0 Å². The first-order valence-electron chi connectivity index (χ1n) is 5.28. The van der Waals surface area contributed by atoms with Crippen molar-refractivity contribution in [1.82, 2.24) is 0 Å². The maximum Gasteiger partial charge on any atom is 0.380 e. The van der Waals surface area contributed by atoms with E-state index < -0.39 is 28.9 Å². The maximum absolute atomic E-state index is 13.1. The van der Waals surface area contributed by atoms with E-state index >= 15 is 0 Å². The fourth-order valence-corrected chi connectivity index (χ4v) is 1.47. The van der Waals surface area contributed by atoms with Gasteiger partial charge in [0.1, 0.15) is 0 Å². The molecule has 0 fully saturated rings. The van der Waals surface area contributed by atoms with Crippen molar-refractivity contribution in [3.05, 3.63) is 36.0 Å². The summed E-state index contributed by atoms with van der Waals surface area (Å²) in [5, 5.41) is 0. The van der Waals surface area contributed by atoms with Gasteiger partial charge in [0.15, 0.2) is 0 Å². The van der Waals surface area contributed by atoms with Crippen LogP contribution in [0.2, 0.25) is 0 Å². The lowest BCUT2D eigenvalue weighted by molar-refractivity contribution is -0.263. The Bertz CT molecular complexity index is 376. The molecule has 0 bridgehead atoms. The van der Waals surface area contributed by atoms with Gasteiger partial charge < -0.3 is 0 Å². The first-order chi connectivity index (χ1) is 8.14. The van der Waals surface area contributed by atoms with Gasteiger partial charge in [-0.25, -0.2) is 0 Å². The lowest BCUT2D eigenvalue weighted by atomic mass is 10.1. The molecule has 1 rings (SSSR count). The molecule has 0 spiro atoms. The van der Waals surface area contributed by atoms with Crippen LogP contribution >= 0.6 is 0 Å². The lowest BCUT2D eigenvalue weighted by Crippen LogP contribution is -2.49. The number of halogens is 6. The van der Waals surface area contributed by atoms with Crippen LogP contribution in [0.3, 0.4) is 0 Å². The van der Waals surface area contributed by atoms with Crippen molar-refractivity contribution in [3.63, 3.8) is 0 Å². The quantitative estimate of drug-likeness (QED) is 0.621. The SMILES string of the molecule is C=CC1=C(/C=C\C)C(F)(F)C(F)(F)C1(F)F.CC. The van der Waals surface area contributed by atoms with Crippen molar-refractivity contribution < 1.29 is 26.3 Å². The fourth-order valence-electron chi connectivity index (χ4n) is 1.47. The fraction of sp³-hybridized carbons (Fsp3) is 0.500. The first kappa shape index (κ1) is 16.8. The highest BCUT2D eigenvalue weighted by molar-refractivity contribution is 5.50. The van der Waals surface area contributed by atoms with Gasteiger partial charge in [0, 0.05) is 11.1 Å². The van der Waals surface area contributed by atoms with Gasteiger partial charge in [-0.1, -0.05) is 38.7 Å². The predicted octanol–water partition coefficient (Wildman–Crippen LogP) is 4.99. The molecule has 0 atom stereocenters. The Kier molecular flexibility index (Phi) is 4.85. The average molecular weight is 272 g/mol. The molecule has 18 heavy (non-hydrogen) atoms. The topological polar surface area (TPSA) is 0 Å². The summed E-state index contributed by atoms with van der Waals surface area (Å²) in [6.45, 7) is 8.13. The van der Waals surface area contributed by atoms with E-state index in [-0.39, 0.29) is 0 Å². The molecule has 0 N–H and O–H groups in total. The highest BCUT2D eigenvalue weighted by Crippen LogP contribution is 2.59. The minimum Gasteiger partial charge on any atom is -0.194 e. The minimum absolute atomic E-state index is 0.337. The van der Waals surface area contributed by atoms with E-state index in [9.17, 15) is 26.3 Å². The molecule has 1 aliphatic rings. The van der Waals surface area contributed by atoms with Gasteiger partial charge in [-0.05, 0) is 6.92 Å². The highest BCUT2D eigenvalue weighted by atomic mass is 19.3. The third kappa shape index (κ3) is 1.97. The summed E-state index contributed by atoms with van der Waals surface area (Å²) >= 11 is 0. The molecule has 1 aliphatic carbocycles. The van der Waals surface area contributed by atoms with Crippen LogP contribution in [-0.2, 0) is 0 Å². The van der Waals surface area contributed by atoms with Gasteiger partial charge in [0.25, 0.3) is 0 Å². The number of hydrogen-bond acceptors (Lipinski definition) is 0. The molecular weight excluding hydrogens is 258 g/mol. The van der Waals surface area contributed by atoms with E-state index in [1.165, 1.54) is 6.92 Å². The van der Waals surface area contributed by atoms with Crippen molar-refractivity contribution in [2.45, 2.75) is 38.5 Å². The number of alkyl halides is 6. The molecule has 0 aliphatic heterocycles. The molecule has 0 radical (unpaired) electrons. The summed E-state index contributed by atoms with van der Waals surface area (Å²) in [5.74, 6) is -15.2. The Morgan fingerprint density at radius 3 is 1.61 bits per heavy atom. The summed E-state index contributed by atoms with van der Waals surface area (Å²) in [6.07, 6.45) is 1.88. The molecule has 0 saturated carbocycles. The number of hydrogen-bond donors (Lipinski definition) is 0. The largest absolute Gasteiger partial charge is 0.380 e. The van der Waals surface area contributed by atoms with E-state index in [4.69, 9.17) is 0 Å². The smallest absolute Gasteiger partial charge is 0.194 e. The van der Waals surface area contributed by atoms with Crippen LogP contribution in [0.15, 0.2) is 36.0 Å². The minimum atomic E-state index is -5.43. The normalized spacial score (nSPS) is 23.8. The van der Waals surface area contributed by atoms with Crippen molar-refractivity contribution in [1.29, 1.82) is 0 Å². The summed E-state index contributed by atoms with van der Waals surface area (Å²) in [5.41, 5.74) is -2.82. The molecule has 0 heterocycles. The van der Waals surface area contributed by atoms with Gasteiger partial charge in [0.2, 0.25) is 0 Å². The van der Waals surface area contributed by atoms with Crippen molar-refractivity contribution in [2.24, 2.45) is 0 Å². The van der Waals surface area contributed by atoms with Gasteiger partial charge in [-0.2, -0.15) is 26.3 Å². The van der Waals surface area contributed by atoms with Crippen molar-refractivity contribution >= 4 is 0 Å². The van der Waals surface area contributed by atoms with Crippen LogP contribution in [0.25, 0.3) is 0 Å². The van der Waals surface area contributed by atoms with Gasteiger partial charge >= 0.3 is 17.8 Å². The maximum atomic E-state index is 13.1. The second-order valence-corrected chi connectivity index (χ2v) is 3.25. The zero-order valence-corrected chi connectivity index (χ0v) is 10.2. The molecule has 0 unspecified atom stereocenters. The summed E-state index contributed by atoms with van der Waals surface area (Å²) in [6, 6.07) is 0. The third-order valence-corrected chi connectivity index (χ3v) is 2.29. The van der Waals surface area contributed by atoms with Crippen molar-refractivity contribution in [2.75, 3.05) is 0 Å². The van der Waals surface area contributed by atoms with E-state index in [0.717, 1.165) is 6.08 Å². The number of allylic oxidation sites excluding steroid dienone is 5. The van der Waals surface area contributed by atoms with Crippen LogP contribution in [0, 0.1) is 0 Å². The molecular formula is C12H14F6. The lowest BCUT2D eigenvalue weighted by Gasteiger charge is -2.25. The van der Waals surface area contributed by atoms with E-state index in [2.05, 4.69) is 6.58 Å².